The highest BCUT2D eigenvalue weighted by Crippen LogP contribution is 2.17. The second-order valence-electron chi connectivity index (χ2n) is 3.64. The van der Waals surface area contributed by atoms with E-state index in [1.54, 1.807) is 0 Å². The van der Waals surface area contributed by atoms with Crippen molar-refractivity contribution in [1.82, 2.24) is 9.97 Å². The average Bonchev–Trinajstić information content (AvgIpc) is 2.59. The van der Waals surface area contributed by atoms with Crippen molar-refractivity contribution < 1.29 is 8.42 Å². The summed E-state index contributed by atoms with van der Waals surface area (Å²) in [6, 6.07) is 1.79. The van der Waals surface area contributed by atoms with Crippen LogP contribution in [0.15, 0.2) is 12.5 Å². The Hall–Kier alpha value is -1.68. The molecule has 16 heavy (non-hydrogen) atoms. The molecule has 1 fully saturated rings. The highest BCUT2D eigenvalue weighted by atomic mass is 32.2. The number of hydrogen-bond acceptors (Lipinski definition) is 6. The molecule has 0 aromatic carbocycles. The summed E-state index contributed by atoms with van der Waals surface area (Å²) in [7, 11) is -2.92. The Balaban J connectivity index is 2.14. The molecule has 0 amide bonds. The molecule has 2 rings (SSSR count). The van der Waals surface area contributed by atoms with Gasteiger partial charge in [0.05, 0.1) is 17.7 Å². The summed E-state index contributed by atoms with van der Waals surface area (Å²) in [5.74, 6) is 0.694. The lowest BCUT2D eigenvalue weighted by Crippen LogP contribution is -2.21. The van der Waals surface area contributed by atoms with Gasteiger partial charge in [0.15, 0.2) is 9.84 Å². The molecular weight excluding hydrogens is 228 g/mol. The minimum absolute atomic E-state index is 0.0991. The number of nitrogens with zero attached hydrogens (tertiary/aromatic N) is 3. The second-order valence-corrected chi connectivity index (χ2v) is 5.87. The van der Waals surface area contributed by atoms with E-state index in [9.17, 15) is 8.42 Å². The molecule has 1 aliphatic rings. The topological polar surface area (TPSA) is 95.7 Å². The highest BCUT2D eigenvalue weighted by molar-refractivity contribution is 7.91. The summed E-state index contributed by atoms with van der Waals surface area (Å²) in [4.78, 5) is 7.65. The van der Waals surface area contributed by atoms with Gasteiger partial charge in [0.2, 0.25) is 0 Å². The van der Waals surface area contributed by atoms with Crippen molar-refractivity contribution in [2.45, 2.75) is 12.5 Å². The Morgan fingerprint density at radius 1 is 1.56 bits per heavy atom. The van der Waals surface area contributed by atoms with Gasteiger partial charge in [0.25, 0.3) is 0 Å². The first-order valence-corrected chi connectivity index (χ1v) is 6.60. The maximum absolute atomic E-state index is 11.2. The van der Waals surface area contributed by atoms with E-state index in [2.05, 4.69) is 15.3 Å². The van der Waals surface area contributed by atoms with Crippen LogP contribution in [0.2, 0.25) is 0 Å². The zero-order valence-corrected chi connectivity index (χ0v) is 9.24. The SMILES string of the molecule is N#Cc1cncnc1NC1CCS(=O)(=O)C1. The van der Waals surface area contributed by atoms with Gasteiger partial charge in [-0.2, -0.15) is 5.26 Å². The normalized spacial score (nSPS) is 22.6. The minimum Gasteiger partial charge on any atom is -0.365 e. The summed E-state index contributed by atoms with van der Waals surface area (Å²) in [5, 5.41) is 11.8. The summed E-state index contributed by atoms with van der Waals surface area (Å²) < 4.78 is 22.5. The molecule has 1 aromatic rings. The molecular formula is C9H10N4O2S. The lowest BCUT2D eigenvalue weighted by molar-refractivity contribution is 0.602. The van der Waals surface area contributed by atoms with E-state index in [1.807, 2.05) is 6.07 Å². The first-order valence-electron chi connectivity index (χ1n) is 4.78. The molecule has 7 heteroatoms. The van der Waals surface area contributed by atoms with Gasteiger partial charge in [-0.1, -0.05) is 0 Å². The van der Waals surface area contributed by atoms with E-state index >= 15 is 0 Å². The lowest BCUT2D eigenvalue weighted by atomic mass is 10.2. The van der Waals surface area contributed by atoms with E-state index in [1.165, 1.54) is 12.5 Å². The van der Waals surface area contributed by atoms with E-state index in [0.717, 1.165) is 0 Å². The van der Waals surface area contributed by atoms with E-state index < -0.39 is 9.84 Å². The van der Waals surface area contributed by atoms with Crippen molar-refractivity contribution in [2.24, 2.45) is 0 Å². The van der Waals surface area contributed by atoms with Gasteiger partial charge in [-0.15, -0.1) is 0 Å². The lowest BCUT2D eigenvalue weighted by Gasteiger charge is -2.11. The average molecular weight is 238 g/mol. The van der Waals surface area contributed by atoms with Crippen LogP contribution >= 0.6 is 0 Å². The Bertz CT molecular complexity index is 535. The van der Waals surface area contributed by atoms with Crippen molar-refractivity contribution in [3.8, 4) is 6.07 Å². The molecule has 0 saturated carbocycles. The summed E-state index contributed by atoms with van der Waals surface area (Å²) >= 11 is 0. The first-order chi connectivity index (χ1) is 7.61. The van der Waals surface area contributed by atoms with Crippen LogP contribution in [0.25, 0.3) is 0 Å². The third-order valence-corrected chi connectivity index (χ3v) is 4.17. The molecule has 2 heterocycles. The van der Waals surface area contributed by atoms with Crippen LogP contribution in [-0.4, -0.2) is 35.9 Å². The number of hydrogen-bond donors (Lipinski definition) is 1. The Labute approximate surface area is 93.3 Å². The molecule has 1 atom stereocenters. The van der Waals surface area contributed by atoms with Gasteiger partial charge in [-0.25, -0.2) is 18.4 Å². The molecule has 1 unspecified atom stereocenters. The van der Waals surface area contributed by atoms with Crippen molar-refractivity contribution >= 4 is 15.7 Å². The maximum Gasteiger partial charge on any atom is 0.152 e. The van der Waals surface area contributed by atoms with Crippen LogP contribution in [-0.2, 0) is 9.84 Å². The quantitative estimate of drug-likeness (QED) is 0.775. The van der Waals surface area contributed by atoms with Crippen molar-refractivity contribution in [3.05, 3.63) is 18.1 Å². The Morgan fingerprint density at radius 2 is 2.38 bits per heavy atom. The minimum atomic E-state index is -2.92. The second kappa shape index (κ2) is 4.06. The summed E-state index contributed by atoms with van der Waals surface area (Å²) in [6.45, 7) is 0. The zero-order chi connectivity index (χ0) is 11.6. The summed E-state index contributed by atoms with van der Waals surface area (Å²) in [6.07, 6.45) is 3.28. The number of sulfone groups is 1. The van der Waals surface area contributed by atoms with Crippen LogP contribution < -0.4 is 5.32 Å². The number of anilines is 1. The predicted molar refractivity (Wildman–Crippen MR) is 57.4 cm³/mol. The van der Waals surface area contributed by atoms with Gasteiger partial charge < -0.3 is 5.32 Å². The molecule has 1 saturated heterocycles. The molecule has 84 valence electrons. The van der Waals surface area contributed by atoms with Crippen LogP contribution in [0.3, 0.4) is 0 Å². The molecule has 6 nitrogen and oxygen atoms in total. The van der Waals surface area contributed by atoms with E-state index in [0.29, 0.717) is 17.8 Å². The fourth-order valence-electron chi connectivity index (χ4n) is 1.63. The molecule has 0 spiro atoms. The third-order valence-electron chi connectivity index (χ3n) is 2.41. The summed E-state index contributed by atoms with van der Waals surface area (Å²) in [5.41, 5.74) is 0.326. The molecule has 1 N–H and O–H groups in total. The largest absolute Gasteiger partial charge is 0.365 e. The number of rotatable bonds is 2. The fourth-order valence-corrected chi connectivity index (χ4v) is 3.30. The van der Waals surface area contributed by atoms with Crippen LogP contribution in [0, 0.1) is 11.3 Å². The van der Waals surface area contributed by atoms with Crippen molar-refractivity contribution in [3.63, 3.8) is 0 Å². The third kappa shape index (κ3) is 2.28. The van der Waals surface area contributed by atoms with Crippen LogP contribution in [0.1, 0.15) is 12.0 Å². The van der Waals surface area contributed by atoms with Gasteiger partial charge >= 0.3 is 0 Å². The number of aromatic nitrogens is 2. The van der Waals surface area contributed by atoms with Crippen molar-refractivity contribution in [1.29, 1.82) is 5.26 Å². The highest BCUT2D eigenvalue weighted by Gasteiger charge is 2.28. The van der Waals surface area contributed by atoms with Crippen molar-refractivity contribution in [2.75, 3.05) is 16.8 Å². The Kier molecular flexibility index (Phi) is 2.75. The molecule has 0 aliphatic carbocycles. The molecule has 0 bridgehead atoms. The maximum atomic E-state index is 11.2. The Morgan fingerprint density at radius 3 is 3.00 bits per heavy atom. The smallest absolute Gasteiger partial charge is 0.152 e. The van der Waals surface area contributed by atoms with E-state index in [4.69, 9.17) is 5.26 Å². The number of nitrogens with one attached hydrogen (secondary N) is 1. The predicted octanol–water partition coefficient (Wildman–Crippen LogP) is -0.0527. The standard InChI is InChI=1S/C9H10N4O2S/c10-3-7-4-11-6-12-9(7)13-8-1-2-16(14,15)5-8/h4,6,8H,1-2,5H2,(H,11,12,13). The van der Waals surface area contributed by atoms with Gasteiger partial charge in [0, 0.05) is 6.04 Å². The van der Waals surface area contributed by atoms with Crippen LogP contribution in [0.5, 0.6) is 0 Å². The van der Waals surface area contributed by atoms with Gasteiger partial charge in [-0.05, 0) is 6.42 Å². The molecule has 1 aliphatic heterocycles. The molecule has 0 radical (unpaired) electrons. The van der Waals surface area contributed by atoms with Crippen LogP contribution in [0.4, 0.5) is 5.82 Å². The van der Waals surface area contributed by atoms with Gasteiger partial charge in [-0.3, -0.25) is 0 Å². The first kappa shape index (κ1) is 10.8. The fraction of sp³-hybridized carbons (Fsp3) is 0.444. The van der Waals surface area contributed by atoms with Gasteiger partial charge in [0.1, 0.15) is 23.8 Å². The van der Waals surface area contributed by atoms with E-state index in [-0.39, 0.29) is 17.5 Å². The zero-order valence-electron chi connectivity index (χ0n) is 8.42. The number of nitriles is 1. The monoisotopic (exact) mass is 238 g/mol. The molecule has 1 aromatic heterocycles.